The molecule has 0 radical (unpaired) electrons. The molecule has 0 amide bonds. The van der Waals surface area contributed by atoms with Gasteiger partial charge in [-0.25, -0.2) is 0 Å². The van der Waals surface area contributed by atoms with Crippen LogP contribution in [0.2, 0.25) is 0 Å². The van der Waals surface area contributed by atoms with Gasteiger partial charge in [-0.2, -0.15) is 0 Å². The van der Waals surface area contributed by atoms with E-state index in [4.69, 9.17) is 0 Å². The van der Waals surface area contributed by atoms with E-state index in [0.717, 1.165) is 5.92 Å². The van der Waals surface area contributed by atoms with Crippen LogP contribution in [0.4, 0.5) is 0 Å². The van der Waals surface area contributed by atoms with Gasteiger partial charge in [-0.05, 0) is 54.8 Å². The Kier molecular flexibility index (Phi) is 4.22. The topological polar surface area (TPSA) is 12.0 Å². The van der Waals surface area contributed by atoms with Gasteiger partial charge in [-0.15, -0.1) is 0 Å². The van der Waals surface area contributed by atoms with E-state index in [-0.39, 0.29) is 0 Å². The van der Waals surface area contributed by atoms with Crippen LogP contribution in [0.1, 0.15) is 56.6 Å². The van der Waals surface area contributed by atoms with Crippen LogP contribution in [0.15, 0.2) is 24.3 Å². The third-order valence-corrected chi connectivity index (χ3v) is 4.22. The van der Waals surface area contributed by atoms with E-state index in [0.29, 0.717) is 11.8 Å². The first kappa shape index (κ1) is 12.6. The lowest BCUT2D eigenvalue weighted by Crippen LogP contribution is -2.30. The first-order chi connectivity index (χ1) is 8.18. The van der Waals surface area contributed by atoms with Gasteiger partial charge < -0.3 is 5.32 Å². The lowest BCUT2D eigenvalue weighted by molar-refractivity contribution is 0.330. The third-order valence-electron chi connectivity index (χ3n) is 4.22. The van der Waals surface area contributed by atoms with E-state index in [1.165, 1.54) is 37.1 Å². The van der Waals surface area contributed by atoms with Crippen molar-refractivity contribution in [3.8, 4) is 0 Å². The van der Waals surface area contributed by atoms with Gasteiger partial charge in [0.05, 0.1) is 0 Å². The Bertz CT molecular complexity index is 333. The zero-order valence-corrected chi connectivity index (χ0v) is 11.4. The maximum absolute atomic E-state index is 3.45. The molecule has 1 aromatic rings. The fraction of sp³-hybridized carbons (Fsp3) is 0.625. The van der Waals surface area contributed by atoms with Crippen LogP contribution in [0.25, 0.3) is 0 Å². The summed E-state index contributed by atoms with van der Waals surface area (Å²) in [6, 6.07) is 9.28. The van der Waals surface area contributed by atoms with Crippen LogP contribution < -0.4 is 5.32 Å². The van der Waals surface area contributed by atoms with Gasteiger partial charge in [0.1, 0.15) is 0 Å². The highest BCUT2D eigenvalue weighted by Crippen LogP contribution is 2.31. The quantitative estimate of drug-likeness (QED) is 0.831. The normalized spacial score (nSPS) is 19.5. The van der Waals surface area contributed by atoms with E-state index in [2.05, 4.69) is 50.4 Å². The van der Waals surface area contributed by atoms with Gasteiger partial charge in [0, 0.05) is 0 Å². The summed E-state index contributed by atoms with van der Waals surface area (Å²) in [7, 11) is 0. The molecular formula is C16H25N. The van der Waals surface area contributed by atoms with Crippen molar-refractivity contribution in [2.75, 3.05) is 13.1 Å². The van der Waals surface area contributed by atoms with Crippen molar-refractivity contribution in [1.82, 2.24) is 5.32 Å². The van der Waals surface area contributed by atoms with Crippen molar-refractivity contribution in [1.29, 1.82) is 0 Å². The smallest absolute Gasteiger partial charge is 0.00461 e. The van der Waals surface area contributed by atoms with Crippen LogP contribution in [0, 0.1) is 5.92 Å². The number of hydrogen-bond acceptors (Lipinski definition) is 1. The molecule has 2 rings (SSSR count). The minimum absolute atomic E-state index is 0.637. The van der Waals surface area contributed by atoms with Crippen molar-refractivity contribution in [2.24, 2.45) is 5.92 Å². The molecule has 1 saturated heterocycles. The fourth-order valence-electron chi connectivity index (χ4n) is 2.80. The van der Waals surface area contributed by atoms with Gasteiger partial charge in [0.25, 0.3) is 0 Å². The monoisotopic (exact) mass is 231 g/mol. The predicted molar refractivity (Wildman–Crippen MR) is 74.5 cm³/mol. The second-order valence-electron chi connectivity index (χ2n) is 5.70. The van der Waals surface area contributed by atoms with E-state index in [1.54, 1.807) is 0 Å². The number of nitrogens with one attached hydrogen (secondary N) is 1. The van der Waals surface area contributed by atoms with Crippen molar-refractivity contribution < 1.29 is 0 Å². The molecule has 1 N–H and O–H groups in total. The minimum atomic E-state index is 0.637. The molecule has 1 unspecified atom stereocenters. The molecule has 0 bridgehead atoms. The molecule has 1 heterocycles. The molecule has 0 aromatic heterocycles. The summed E-state index contributed by atoms with van der Waals surface area (Å²) >= 11 is 0. The largest absolute Gasteiger partial charge is 0.317 e. The summed E-state index contributed by atoms with van der Waals surface area (Å²) in [6.07, 6.45) is 2.65. The standard InChI is InChI=1S/C16H25N/c1-12(2)14-4-6-15(7-5-14)13(3)16-8-10-17-11-9-16/h4-7,12-13,16-17H,8-11H2,1-3H3. The van der Waals surface area contributed by atoms with Crippen LogP contribution >= 0.6 is 0 Å². The van der Waals surface area contributed by atoms with Crippen molar-refractivity contribution in [3.05, 3.63) is 35.4 Å². The molecule has 1 atom stereocenters. The molecule has 0 aliphatic carbocycles. The highest BCUT2D eigenvalue weighted by atomic mass is 14.9. The molecule has 1 fully saturated rings. The highest BCUT2D eigenvalue weighted by molar-refractivity contribution is 5.27. The third kappa shape index (κ3) is 3.10. The van der Waals surface area contributed by atoms with Crippen LogP contribution in [0.5, 0.6) is 0 Å². The Balaban J connectivity index is 2.05. The maximum atomic E-state index is 3.45. The minimum Gasteiger partial charge on any atom is -0.317 e. The van der Waals surface area contributed by atoms with Gasteiger partial charge >= 0.3 is 0 Å². The second kappa shape index (κ2) is 5.68. The summed E-state index contributed by atoms with van der Waals surface area (Å²) in [4.78, 5) is 0. The molecule has 0 spiro atoms. The van der Waals surface area contributed by atoms with Crippen molar-refractivity contribution in [2.45, 2.75) is 45.4 Å². The maximum Gasteiger partial charge on any atom is -0.00461 e. The predicted octanol–water partition coefficient (Wildman–Crippen LogP) is 3.91. The molecule has 1 aliphatic rings. The molecule has 0 saturated carbocycles. The molecular weight excluding hydrogens is 206 g/mol. The Morgan fingerprint density at radius 3 is 2.00 bits per heavy atom. The zero-order valence-electron chi connectivity index (χ0n) is 11.4. The number of rotatable bonds is 3. The Morgan fingerprint density at radius 2 is 1.47 bits per heavy atom. The lowest BCUT2D eigenvalue weighted by atomic mass is 9.81. The fourth-order valence-corrected chi connectivity index (χ4v) is 2.80. The Morgan fingerprint density at radius 1 is 0.941 bits per heavy atom. The van der Waals surface area contributed by atoms with Crippen molar-refractivity contribution >= 4 is 0 Å². The highest BCUT2D eigenvalue weighted by Gasteiger charge is 2.20. The number of hydrogen-bond donors (Lipinski definition) is 1. The average molecular weight is 231 g/mol. The second-order valence-corrected chi connectivity index (χ2v) is 5.70. The van der Waals surface area contributed by atoms with Crippen molar-refractivity contribution in [3.63, 3.8) is 0 Å². The SMILES string of the molecule is CC(C)c1ccc(C(C)C2CCNCC2)cc1. The summed E-state index contributed by atoms with van der Waals surface area (Å²) in [5.74, 6) is 2.21. The number of piperidine rings is 1. The molecule has 94 valence electrons. The summed E-state index contributed by atoms with van der Waals surface area (Å²) < 4.78 is 0. The lowest BCUT2D eigenvalue weighted by Gasteiger charge is -2.28. The first-order valence-corrected chi connectivity index (χ1v) is 6.99. The zero-order chi connectivity index (χ0) is 12.3. The van der Waals surface area contributed by atoms with Gasteiger partial charge in [0.15, 0.2) is 0 Å². The van der Waals surface area contributed by atoms with E-state index >= 15 is 0 Å². The average Bonchev–Trinajstić information content (AvgIpc) is 2.39. The summed E-state index contributed by atoms with van der Waals surface area (Å²) in [5, 5.41) is 3.45. The molecule has 17 heavy (non-hydrogen) atoms. The van der Waals surface area contributed by atoms with Crippen LogP contribution in [0.3, 0.4) is 0 Å². The molecule has 1 aromatic carbocycles. The molecule has 1 aliphatic heterocycles. The van der Waals surface area contributed by atoms with Gasteiger partial charge in [-0.3, -0.25) is 0 Å². The van der Waals surface area contributed by atoms with Crippen LogP contribution in [-0.2, 0) is 0 Å². The van der Waals surface area contributed by atoms with Gasteiger partial charge in [-0.1, -0.05) is 45.0 Å². The summed E-state index contributed by atoms with van der Waals surface area (Å²) in [6.45, 7) is 9.29. The number of benzene rings is 1. The molecule has 1 nitrogen and oxygen atoms in total. The van der Waals surface area contributed by atoms with E-state index in [9.17, 15) is 0 Å². The first-order valence-electron chi connectivity index (χ1n) is 6.99. The Hall–Kier alpha value is -0.820. The van der Waals surface area contributed by atoms with Gasteiger partial charge in [0.2, 0.25) is 0 Å². The van der Waals surface area contributed by atoms with E-state index in [1.807, 2.05) is 0 Å². The van der Waals surface area contributed by atoms with Crippen LogP contribution in [-0.4, -0.2) is 13.1 Å². The Labute approximate surface area is 106 Å². The van der Waals surface area contributed by atoms with E-state index < -0.39 is 0 Å². The molecule has 1 heteroatoms. The summed E-state index contributed by atoms with van der Waals surface area (Å²) in [5.41, 5.74) is 2.97.